The van der Waals surface area contributed by atoms with Gasteiger partial charge in [0.15, 0.2) is 11.5 Å². The van der Waals surface area contributed by atoms with Crippen molar-refractivity contribution in [3.63, 3.8) is 0 Å². The number of nitrogens with zero attached hydrogens (tertiary/aromatic N) is 2. The summed E-state index contributed by atoms with van der Waals surface area (Å²) in [5, 5.41) is 9.69. The SMILES string of the molecule is O=C(CNC(=O)c1cc(Cl)c2c(c1)OCO2)Nc1ccc(-n2cccn2)cc1. The first-order chi connectivity index (χ1) is 13.6. The van der Waals surface area contributed by atoms with E-state index in [0.29, 0.717) is 17.2 Å². The van der Waals surface area contributed by atoms with E-state index in [0.717, 1.165) is 5.69 Å². The first kappa shape index (κ1) is 17.9. The van der Waals surface area contributed by atoms with Crippen molar-refractivity contribution >= 4 is 29.1 Å². The van der Waals surface area contributed by atoms with Crippen molar-refractivity contribution < 1.29 is 19.1 Å². The van der Waals surface area contributed by atoms with Crippen molar-refractivity contribution in [1.82, 2.24) is 15.1 Å². The van der Waals surface area contributed by atoms with Crippen LogP contribution in [-0.4, -0.2) is 34.9 Å². The molecule has 0 unspecified atom stereocenters. The second kappa shape index (κ2) is 7.61. The first-order valence-electron chi connectivity index (χ1n) is 8.37. The Bertz CT molecular complexity index is 1020. The van der Waals surface area contributed by atoms with E-state index in [2.05, 4.69) is 15.7 Å². The summed E-state index contributed by atoms with van der Waals surface area (Å²) in [6.45, 7) is -0.131. The molecule has 0 fully saturated rings. The van der Waals surface area contributed by atoms with Crippen LogP contribution in [0.25, 0.3) is 5.69 Å². The predicted molar refractivity (Wildman–Crippen MR) is 102 cm³/mol. The number of nitrogens with one attached hydrogen (secondary N) is 2. The number of benzene rings is 2. The largest absolute Gasteiger partial charge is 0.454 e. The molecule has 3 aromatic rings. The third kappa shape index (κ3) is 3.77. The normalized spacial score (nSPS) is 11.9. The summed E-state index contributed by atoms with van der Waals surface area (Å²) in [6, 6.07) is 12.0. The van der Waals surface area contributed by atoms with Gasteiger partial charge in [-0.1, -0.05) is 11.6 Å². The zero-order valence-corrected chi connectivity index (χ0v) is 15.3. The van der Waals surface area contributed by atoms with Gasteiger partial charge in [-0.3, -0.25) is 9.59 Å². The number of hydrogen-bond donors (Lipinski definition) is 2. The minimum atomic E-state index is -0.440. The van der Waals surface area contributed by atoms with E-state index in [4.69, 9.17) is 21.1 Å². The maximum atomic E-state index is 12.3. The minimum absolute atomic E-state index is 0.0573. The number of aromatic nitrogens is 2. The summed E-state index contributed by atoms with van der Waals surface area (Å²) in [4.78, 5) is 24.4. The third-order valence-corrected chi connectivity index (χ3v) is 4.30. The molecule has 0 bridgehead atoms. The standard InChI is InChI=1S/C19H15ClN4O4/c20-15-8-12(9-16-18(15)28-11-27-16)19(26)21-10-17(25)23-13-2-4-14(5-3-13)24-7-1-6-22-24/h1-9H,10-11H2,(H,21,26)(H,23,25). The molecule has 4 rings (SSSR count). The lowest BCUT2D eigenvalue weighted by Crippen LogP contribution is -2.32. The number of anilines is 1. The maximum absolute atomic E-state index is 12.3. The van der Waals surface area contributed by atoms with Gasteiger partial charge < -0.3 is 20.1 Å². The Morgan fingerprint density at radius 3 is 2.75 bits per heavy atom. The van der Waals surface area contributed by atoms with Crippen LogP contribution in [0.4, 0.5) is 5.69 Å². The van der Waals surface area contributed by atoms with Crippen molar-refractivity contribution in [2.75, 3.05) is 18.7 Å². The highest BCUT2D eigenvalue weighted by atomic mass is 35.5. The molecule has 28 heavy (non-hydrogen) atoms. The van der Waals surface area contributed by atoms with Crippen LogP contribution in [0.3, 0.4) is 0 Å². The van der Waals surface area contributed by atoms with Gasteiger partial charge in [0.05, 0.1) is 17.3 Å². The van der Waals surface area contributed by atoms with Crippen molar-refractivity contribution in [3.05, 3.63) is 65.4 Å². The predicted octanol–water partition coefficient (Wildman–Crippen LogP) is 2.62. The van der Waals surface area contributed by atoms with E-state index in [1.807, 2.05) is 24.4 Å². The summed E-state index contributed by atoms with van der Waals surface area (Å²) < 4.78 is 12.2. The van der Waals surface area contributed by atoms with E-state index >= 15 is 0 Å². The molecular formula is C19H15ClN4O4. The van der Waals surface area contributed by atoms with Crippen LogP contribution >= 0.6 is 11.6 Å². The topological polar surface area (TPSA) is 94.5 Å². The second-order valence-electron chi connectivity index (χ2n) is 5.92. The Morgan fingerprint density at radius 2 is 2.00 bits per heavy atom. The summed E-state index contributed by atoms with van der Waals surface area (Å²) in [5.74, 6) is 0.0188. The molecule has 2 amide bonds. The van der Waals surface area contributed by atoms with Crippen LogP contribution in [0.5, 0.6) is 11.5 Å². The van der Waals surface area contributed by atoms with Crippen molar-refractivity contribution in [2.45, 2.75) is 0 Å². The fraction of sp³-hybridized carbons (Fsp3) is 0.105. The van der Waals surface area contributed by atoms with E-state index in [1.54, 1.807) is 23.0 Å². The molecule has 142 valence electrons. The number of ether oxygens (including phenoxy) is 2. The van der Waals surface area contributed by atoms with Gasteiger partial charge in [0.2, 0.25) is 12.7 Å². The summed E-state index contributed by atoms with van der Waals surface area (Å²) >= 11 is 6.07. The molecule has 2 aromatic carbocycles. The lowest BCUT2D eigenvalue weighted by atomic mass is 10.2. The third-order valence-electron chi connectivity index (χ3n) is 4.02. The highest BCUT2D eigenvalue weighted by Gasteiger charge is 2.20. The Hall–Kier alpha value is -3.52. The molecule has 0 aliphatic carbocycles. The molecule has 8 nitrogen and oxygen atoms in total. The molecule has 0 spiro atoms. The van der Waals surface area contributed by atoms with Crippen LogP contribution in [-0.2, 0) is 4.79 Å². The molecule has 1 aliphatic heterocycles. The molecule has 2 N–H and O–H groups in total. The van der Waals surface area contributed by atoms with Crippen molar-refractivity contribution in [1.29, 1.82) is 0 Å². The van der Waals surface area contributed by atoms with E-state index in [1.165, 1.54) is 12.1 Å². The number of carbonyl (C=O) groups is 2. The number of amides is 2. The minimum Gasteiger partial charge on any atom is -0.454 e. The summed E-state index contributed by atoms with van der Waals surface area (Å²) in [5.41, 5.74) is 1.77. The van der Waals surface area contributed by atoms with E-state index in [9.17, 15) is 9.59 Å². The first-order valence-corrected chi connectivity index (χ1v) is 8.75. The number of hydrogen-bond acceptors (Lipinski definition) is 5. The van der Waals surface area contributed by atoms with E-state index in [-0.39, 0.29) is 29.8 Å². The Labute approximate surface area is 165 Å². The van der Waals surface area contributed by atoms with Crippen LogP contribution in [0.1, 0.15) is 10.4 Å². The number of carbonyl (C=O) groups excluding carboxylic acids is 2. The highest BCUT2D eigenvalue weighted by molar-refractivity contribution is 6.32. The van der Waals surface area contributed by atoms with Crippen molar-refractivity contribution in [2.24, 2.45) is 0 Å². The van der Waals surface area contributed by atoms with Gasteiger partial charge in [-0.15, -0.1) is 0 Å². The molecule has 0 atom stereocenters. The highest BCUT2D eigenvalue weighted by Crippen LogP contribution is 2.39. The average Bonchev–Trinajstić information content (AvgIpc) is 3.38. The van der Waals surface area contributed by atoms with Gasteiger partial charge in [-0.05, 0) is 42.5 Å². The molecule has 1 aliphatic rings. The Morgan fingerprint density at radius 1 is 1.18 bits per heavy atom. The summed E-state index contributed by atoms with van der Waals surface area (Å²) in [6.07, 6.45) is 3.51. The fourth-order valence-electron chi connectivity index (χ4n) is 2.69. The molecule has 0 saturated carbocycles. The maximum Gasteiger partial charge on any atom is 0.251 e. The molecule has 0 saturated heterocycles. The molecule has 2 heterocycles. The molecule has 1 aromatic heterocycles. The van der Waals surface area contributed by atoms with Gasteiger partial charge in [0.1, 0.15) is 0 Å². The zero-order valence-electron chi connectivity index (χ0n) is 14.5. The van der Waals surface area contributed by atoms with Crippen LogP contribution in [0.15, 0.2) is 54.9 Å². The number of rotatable bonds is 5. The lowest BCUT2D eigenvalue weighted by Gasteiger charge is -2.09. The number of fused-ring (bicyclic) bond motifs is 1. The number of halogens is 1. The average molecular weight is 399 g/mol. The monoisotopic (exact) mass is 398 g/mol. The fourth-order valence-corrected chi connectivity index (χ4v) is 2.95. The van der Waals surface area contributed by atoms with Gasteiger partial charge in [-0.2, -0.15) is 5.10 Å². The Balaban J connectivity index is 1.33. The van der Waals surface area contributed by atoms with Gasteiger partial charge in [0.25, 0.3) is 5.91 Å². The lowest BCUT2D eigenvalue weighted by molar-refractivity contribution is -0.115. The smallest absolute Gasteiger partial charge is 0.251 e. The molecule has 0 radical (unpaired) electrons. The molecular weight excluding hydrogens is 384 g/mol. The molecule has 9 heteroatoms. The van der Waals surface area contributed by atoms with Crippen LogP contribution in [0, 0.1) is 0 Å². The zero-order chi connectivity index (χ0) is 19.5. The van der Waals surface area contributed by atoms with Gasteiger partial charge in [0, 0.05) is 23.6 Å². The van der Waals surface area contributed by atoms with Crippen molar-refractivity contribution in [3.8, 4) is 17.2 Å². The van der Waals surface area contributed by atoms with Crippen LogP contribution in [0.2, 0.25) is 5.02 Å². The Kier molecular flexibility index (Phi) is 4.86. The quantitative estimate of drug-likeness (QED) is 0.689. The summed E-state index contributed by atoms with van der Waals surface area (Å²) in [7, 11) is 0. The van der Waals surface area contributed by atoms with E-state index < -0.39 is 5.91 Å². The van der Waals surface area contributed by atoms with Gasteiger partial charge in [-0.25, -0.2) is 4.68 Å². The second-order valence-corrected chi connectivity index (χ2v) is 6.33. The van der Waals surface area contributed by atoms with Crippen LogP contribution < -0.4 is 20.1 Å². The van der Waals surface area contributed by atoms with Gasteiger partial charge >= 0.3 is 0 Å².